The van der Waals surface area contributed by atoms with Gasteiger partial charge in [0.25, 0.3) is 6.43 Å². The van der Waals surface area contributed by atoms with Crippen LogP contribution >= 0.6 is 0 Å². The van der Waals surface area contributed by atoms with E-state index in [1.165, 1.54) is 22.6 Å². The first kappa shape index (κ1) is 19.9. The molecule has 148 valence electrons. The molecule has 1 amide bonds. The van der Waals surface area contributed by atoms with Gasteiger partial charge in [-0.25, -0.2) is 22.5 Å². The Kier molecular flexibility index (Phi) is 5.14. The zero-order valence-electron chi connectivity index (χ0n) is 15.6. The summed E-state index contributed by atoms with van der Waals surface area (Å²) in [6.07, 6.45) is -1.70. The molecule has 0 spiro atoms. The summed E-state index contributed by atoms with van der Waals surface area (Å²) in [6, 6.07) is 5.77. The molecule has 4 nitrogen and oxygen atoms in total. The Bertz CT molecular complexity index is 1040. The van der Waals surface area contributed by atoms with Crippen LogP contribution in [-0.4, -0.2) is 15.3 Å². The van der Waals surface area contributed by atoms with E-state index in [9.17, 15) is 22.4 Å². The van der Waals surface area contributed by atoms with Crippen LogP contribution in [0.25, 0.3) is 16.9 Å². The number of nitrogens with zero attached hydrogens (tertiary/aromatic N) is 2. The number of benzene rings is 1. The van der Waals surface area contributed by atoms with Gasteiger partial charge in [-0.15, -0.1) is 0 Å². The molecule has 1 aromatic carbocycles. The van der Waals surface area contributed by atoms with Gasteiger partial charge in [0.2, 0.25) is 5.91 Å². The molecule has 0 saturated carbocycles. The van der Waals surface area contributed by atoms with E-state index in [2.05, 4.69) is 10.3 Å². The highest BCUT2D eigenvalue weighted by Gasteiger charge is 2.22. The molecule has 0 saturated heterocycles. The van der Waals surface area contributed by atoms with E-state index < -0.39 is 23.6 Å². The summed E-state index contributed by atoms with van der Waals surface area (Å²) in [5, 5.41) is 2.66. The zero-order chi connectivity index (χ0) is 20.6. The van der Waals surface area contributed by atoms with Crippen molar-refractivity contribution in [1.82, 2.24) is 9.38 Å². The molecular weight excluding hydrogens is 374 g/mol. The normalized spacial score (nSPS) is 12.0. The number of rotatable bonds is 4. The predicted molar refractivity (Wildman–Crippen MR) is 98.2 cm³/mol. The van der Waals surface area contributed by atoms with Crippen LogP contribution < -0.4 is 5.32 Å². The fourth-order valence-corrected chi connectivity index (χ4v) is 2.90. The van der Waals surface area contributed by atoms with Crippen molar-refractivity contribution in [1.29, 1.82) is 0 Å². The third kappa shape index (κ3) is 4.16. The largest absolute Gasteiger partial charge is 0.309 e. The van der Waals surface area contributed by atoms with Crippen LogP contribution in [-0.2, 0) is 4.79 Å². The van der Waals surface area contributed by atoms with E-state index in [-0.39, 0.29) is 34.8 Å². The molecule has 2 heterocycles. The Morgan fingerprint density at radius 3 is 2.54 bits per heavy atom. The molecule has 2 aromatic heterocycles. The molecule has 1 N–H and O–H groups in total. The van der Waals surface area contributed by atoms with Gasteiger partial charge >= 0.3 is 0 Å². The minimum absolute atomic E-state index is 0.0895. The molecule has 0 radical (unpaired) electrons. The van der Waals surface area contributed by atoms with Crippen molar-refractivity contribution in [3.8, 4) is 11.3 Å². The van der Waals surface area contributed by atoms with Crippen molar-refractivity contribution in [3.05, 3.63) is 53.7 Å². The third-order valence-electron chi connectivity index (χ3n) is 4.04. The average molecular weight is 393 g/mol. The highest BCUT2D eigenvalue weighted by Crippen LogP contribution is 2.33. The van der Waals surface area contributed by atoms with Gasteiger partial charge in [0.05, 0.1) is 11.3 Å². The zero-order valence-corrected chi connectivity index (χ0v) is 15.6. The molecule has 0 aliphatic rings. The fourth-order valence-electron chi connectivity index (χ4n) is 2.90. The van der Waals surface area contributed by atoms with E-state index in [0.717, 1.165) is 18.3 Å². The van der Waals surface area contributed by atoms with Gasteiger partial charge in [-0.05, 0) is 35.7 Å². The van der Waals surface area contributed by atoms with Crippen LogP contribution in [0.1, 0.15) is 39.2 Å². The molecule has 0 bridgehead atoms. The molecule has 0 unspecified atom stereocenters. The summed E-state index contributed by atoms with van der Waals surface area (Å²) in [6.45, 7) is 5.67. The first-order valence-electron chi connectivity index (χ1n) is 8.60. The first-order chi connectivity index (χ1) is 13.0. The summed E-state index contributed by atoms with van der Waals surface area (Å²) >= 11 is 0. The summed E-state index contributed by atoms with van der Waals surface area (Å²) in [4.78, 5) is 16.7. The van der Waals surface area contributed by atoms with E-state index >= 15 is 0 Å². The summed E-state index contributed by atoms with van der Waals surface area (Å²) in [5.74, 6) is -1.85. The number of aromatic nitrogens is 2. The van der Waals surface area contributed by atoms with Crippen molar-refractivity contribution in [2.45, 2.75) is 33.6 Å². The van der Waals surface area contributed by atoms with Crippen LogP contribution in [0.5, 0.6) is 0 Å². The maximum Gasteiger partial charge on any atom is 0.266 e. The smallest absolute Gasteiger partial charge is 0.266 e. The van der Waals surface area contributed by atoms with Crippen LogP contribution in [0.2, 0.25) is 0 Å². The van der Waals surface area contributed by atoms with E-state index in [1.807, 2.05) is 20.8 Å². The topological polar surface area (TPSA) is 46.4 Å². The lowest BCUT2D eigenvalue weighted by molar-refractivity contribution is -0.117. The van der Waals surface area contributed by atoms with Gasteiger partial charge in [-0.2, -0.15) is 0 Å². The van der Waals surface area contributed by atoms with Gasteiger partial charge in [-0.3, -0.25) is 9.20 Å². The lowest BCUT2D eigenvalue weighted by atomic mass is 9.92. The molecule has 8 heteroatoms. The van der Waals surface area contributed by atoms with Crippen molar-refractivity contribution in [2.24, 2.45) is 5.41 Å². The van der Waals surface area contributed by atoms with E-state index in [4.69, 9.17) is 0 Å². The van der Waals surface area contributed by atoms with Gasteiger partial charge < -0.3 is 5.32 Å². The lowest BCUT2D eigenvalue weighted by Crippen LogP contribution is -2.20. The minimum Gasteiger partial charge on any atom is -0.309 e. The van der Waals surface area contributed by atoms with Crippen molar-refractivity contribution in [2.75, 3.05) is 5.32 Å². The molecular formula is C20H19F4N3O. The fraction of sp³-hybridized carbons (Fsp3) is 0.300. The van der Waals surface area contributed by atoms with Crippen molar-refractivity contribution in [3.63, 3.8) is 0 Å². The minimum atomic E-state index is -3.02. The number of hydrogen-bond acceptors (Lipinski definition) is 2. The van der Waals surface area contributed by atoms with Gasteiger partial charge in [0.1, 0.15) is 17.3 Å². The highest BCUT2D eigenvalue weighted by molar-refractivity contribution is 5.94. The molecule has 3 rings (SSSR count). The number of carbonyl (C=O) groups is 1. The van der Waals surface area contributed by atoms with Gasteiger partial charge in [-0.1, -0.05) is 20.8 Å². The van der Waals surface area contributed by atoms with E-state index in [1.54, 1.807) is 0 Å². The number of fused-ring (bicyclic) bond motifs is 1. The number of imidazole rings is 1. The molecule has 0 aliphatic heterocycles. The van der Waals surface area contributed by atoms with Crippen molar-refractivity contribution >= 4 is 17.4 Å². The van der Waals surface area contributed by atoms with Crippen LogP contribution in [0.15, 0.2) is 36.5 Å². The maximum atomic E-state index is 13.8. The van der Waals surface area contributed by atoms with Gasteiger partial charge in [0, 0.05) is 18.2 Å². The lowest BCUT2D eigenvalue weighted by Gasteiger charge is -2.17. The number of alkyl halides is 2. The SMILES string of the molecule is CC(C)(C)CC(=O)Nc1nc2ccc(F)cn2c1-c1ccc(F)c(C(F)F)c1. The first-order valence-corrected chi connectivity index (χ1v) is 8.60. The van der Waals surface area contributed by atoms with Crippen LogP contribution in [0.4, 0.5) is 23.4 Å². The Morgan fingerprint density at radius 1 is 1.18 bits per heavy atom. The van der Waals surface area contributed by atoms with Crippen molar-refractivity contribution < 1.29 is 22.4 Å². The summed E-state index contributed by atoms with van der Waals surface area (Å²) < 4.78 is 55.1. The number of pyridine rings is 1. The predicted octanol–water partition coefficient (Wildman–Crippen LogP) is 5.59. The standard InChI is InChI=1S/C20H19F4N3O/c1-20(2,3)9-16(28)26-19-17(27-10-12(21)5-7-15(27)25-19)11-4-6-14(22)13(8-11)18(23)24/h4-8,10,18H,9H2,1-3H3,(H,26,28). The van der Waals surface area contributed by atoms with Crippen LogP contribution in [0.3, 0.4) is 0 Å². The molecule has 3 aromatic rings. The number of halogens is 4. The molecule has 0 fully saturated rings. The number of nitrogens with one attached hydrogen (secondary N) is 1. The van der Waals surface area contributed by atoms with Crippen LogP contribution in [0, 0.1) is 17.0 Å². The highest BCUT2D eigenvalue weighted by atomic mass is 19.3. The van der Waals surface area contributed by atoms with E-state index in [0.29, 0.717) is 5.65 Å². The second-order valence-electron chi connectivity index (χ2n) is 7.71. The summed E-state index contributed by atoms with van der Waals surface area (Å²) in [7, 11) is 0. The number of carbonyl (C=O) groups excluding carboxylic acids is 1. The number of anilines is 1. The average Bonchev–Trinajstić information content (AvgIpc) is 2.90. The monoisotopic (exact) mass is 393 g/mol. The second kappa shape index (κ2) is 7.26. The second-order valence-corrected chi connectivity index (χ2v) is 7.71. The summed E-state index contributed by atoms with van der Waals surface area (Å²) in [5.41, 5.74) is -0.380. The molecule has 0 atom stereocenters. The van der Waals surface area contributed by atoms with Gasteiger partial charge in [0.15, 0.2) is 5.82 Å². The number of hydrogen-bond donors (Lipinski definition) is 1. The third-order valence-corrected chi connectivity index (χ3v) is 4.04. The number of amides is 1. The Balaban J connectivity index is 2.15. The Hall–Kier alpha value is -2.90. The Morgan fingerprint density at radius 2 is 1.89 bits per heavy atom. The molecule has 0 aliphatic carbocycles. The Labute approximate surface area is 159 Å². The maximum absolute atomic E-state index is 13.8. The quantitative estimate of drug-likeness (QED) is 0.587. The molecule has 28 heavy (non-hydrogen) atoms.